The zero-order chi connectivity index (χ0) is 24.4. The minimum Gasteiger partial charge on any atom is -0.488 e. The molecule has 0 spiro atoms. The molecule has 10 heteroatoms. The molecule has 0 unspecified atom stereocenters. The van der Waals surface area contributed by atoms with Crippen molar-refractivity contribution in [1.82, 2.24) is 5.32 Å². The number of hydrogen-bond donors (Lipinski definition) is 1. The van der Waals surface area contributed by atoms with Crippen LogP contribution >= 0.6 is 51.3 Å². The highest BCUT2D eigenvalue weighted by atomic mass is 79.9. The van der Waals surface area contributed by atoms with Crippen molar-refractivity contribution in [3.63, 3.8) is 0 Å². The molecule has 3 aromatic rings. The van der Waals surface area contributed by atoms with Crippen molar-refractivity contribution in [1.29, 1.82) is 0 Å². The summed E-state index contributed by atoms with van der Waals surface area (Å²) in [5.74, 6) is -1.41. The van der Waals surface area contributed by atoms with Crippen LogP contribution in [0.1, 0.15) is 11.1 Å². The fraction of sp³-hybridized carbons (Fsp3) is 0.0417. The van der Waals surface area contributed by atoms with Crippen molar-refractivity contribution in [3.05, 3.63) is 97.7 Å². The molecule has 0 bridgehead atoms. The van der Waals surface area contributed by atoms with Gasteiger partial charge in [0.05, 0.1) is 15.7 Å². The Morgan fingerprint density at radius 1 is 1.09 bits per heavy atom. The van der Waals surface area contributed by atoms with Crippen molar-refractivity contribution in [2.75, 3.05) is 4.90 Å². The van der Waals surface area contributed by atoms with E-state index in [0.29, 0.717) is 21.3 Å². The van der Waals surface area contributed by atoms with Crippen LogP contribution in [0.15, 0.2) is 70.7 Å². The number of carbonyl (C=O) groups excluding carboxylic acids is 2. The molecule has 0 atom stereocenters. The molecule has 1 heterocycles. The highest BCUT2D eigenvalue weighted by molar-refractivity contribution is 9.10. The molecule has 0 aliphatic carbocycles. The van der Waals surface area contributed by atoms with Gasteiger partial charge >= 0.3 is 0 Å². The van der Waals surface area contributed by atoms with Gasteiger partial charge < -0.3 is 4.74 Å². The van der Waals surface area contributed by atoms with Crippen LogP contribution in [0.25, 0.3) is 6.08 Å². The van der Waals surface area contributed by atoms with Gasteiger partial charge in [-0.3, -0.25) is 19.8 Å². The van der Waals surface area contributed by atoms with E-state index in [4.69, 9.17) is 40.2 Å². The van der Waals surface area contributed by atoms with Gasteiger partial charge in [-0.1, -0.05) is 63.4 Å². The van der Waals surface area contributed by atoms with Gasteiger partial charge in [0.15, 0.2) is 5.11 Å². The first kappa shape index (κ1) is 24.3. The number of anilines is 1. The minimum atomic E-state index is -0.682. The Morgan fingerprint density at radius 2 is 1.85 bits per heavy atom. The zero-order valence-electron chi connectivity index (χ0n) is 17.2. The van der Waals surface area contributed by atoms with Crippen molar-refractivity contribution < 1.29 is 18.7 Å². The smallest absolute Gasteiger partial charge is 0.270 e. The lowest BCUT2D eigenvalue weighted by Crippen LogP contribution is -2.54. The maximum Gasteiger partial charge on any atom is 0.270 e. The van der Waals surface area contributed by atoms with Gasteiger partial charge in [-0.25, -0.2) is 4.39 Å². The molecule has 3 aromatic carbocycles. The minimum absolute atomic E-state index is 0.0427. The molecule has 1 aliphatic rings. The summed E-state index contributed by atoms with van der Waals surface area (Å²) in [4.78, 5) is 27.1. The van der Waals surface area contributed by atoms with Crippen LogP contribution in [0.5, 0.6) is 5.75 Å². The topological polar surface area (TPSA) is 58.6 Å². The summed E-state index contributed by atoms with van der Waals surface area (Å²) in [5.41, 5.74) is 0.829. The number of nitrogens with zero attached hydrogens (tertiary/aromatic N) is 1. The summed E-state index contributed by atoms with van der Waals surface area (Å²) >= 11 is 21.0. The average molecular weight is 580 g/mol. The summed E-state index contributed by atoms with van der Waals surface area (Å²) in [7, 11) is 0. The van der Waals surface area contributed by atoms with Crippen molar-refractivity contribution in [2.24, 2.45) is 0 Å². The Morgan fingerprint density at radius 3 is 2.62 bits per heavy atom. The predicted molar refractivity (Wildman–Crippen MR) is 138 cm³/mol. The van der Waals surface area contributed by atoms with Gasteiger partial charge in [0.25, 0.3) is 11.8 Å². The lowest BCUT2D eigenvalue weighted by Gasteiger charge is -2.29. The molecule has 172 valence electrons. The van der Waals surface area contributed by atoms with Gasteiger partial charge in [-0.2, -0.15) is 0 Å². The second kappa shape index (κ2) is 10.2. The number of ether oxygens (including phenoxy) is 1. The van der Waals surface area contributed by atoms with E-state index in [1.807, 2.05) is 0 Å². The van der Waals surface area contributed by atoms with E-state index in [9.17, 15) is 14.0 Å². The summed E-state index contributed by atoms with van der Waals surface area (Å²) in [6, 6.07) is 16.0. The molecule has 4 rings (SSSR count). The molecule has 1 saturated heterocycles. The van der Waals surface area contributed by atoms with E-state index >= 15 is 0 Å². The molecule has 34 heavy (non-hydrogen) atoms. The Balaban J connectivity index is 1.71. The molecular formula is C24H14BrCl2FN2O3S. The molecule has 0 saturated carbocycles. The summed E-state index contributed by atoms with van der Waals surface area (Å²) in [6.45, 7) is -0.0427. The molecule has 1 N–H and O–H groups in total. The van der Waals surface area contributed by atoms with Crippen LogP contribution in [-0.2, 0) is 16.2 Å². The van der Waals surface area contributed by atoms with Crippen LogP contribution in [0.4, 0.5) is 10.1 Å². The zero-order valence-corrected chi connectivity index (χ0v) is 21.1. The number of carbonyl (C=O) groups is 2. The first-order chi connectivity index (χ1) is 16.3. The first-order valence-electron chi connectivity index (χ1n) is 9.77. The highest BCUT2D eigenvalue weighted by Crippen LogP contribution is 2.35. The predicted octanol–water partition coefficient (Wildman–Crippen LogP) is 6.31. The fourth-order valence-corrected chi connectivity index (χ4v) is 4.26. The highest BCUT2D eigenvalue weighted by Gasteiger charge is 2.36. The Labute approximate surface area is 218 Å². The number of halogens is 4. The normalized spacial score (nSPS) is 15.0. The summed E-state index contributed by atoms with van der Waals surface area (Å²) in [5, 5.41) is 2.72. The van der Waals surface area contributed by atoms with Crippen LogP contribution in [0.3, 0.4) is 0 Å². The van der Waals surface area contributed by atoms with Crippen LogP contribution in [0.2, 0.25) is 10.0 Å². The SMILES string of the molecule is O=C1NC(=S)N(c2cccc(Cl)c2Cl)C(=O)/C1=C/c1cc(Br)ccc1OCc1ccccc1F. The standard InChI is InChI=1S/C24H14BrCl2FN2O3S/c25-15-8-9-20(33-12-13-4-1-2-6-18(13)28)14(10-15)11-16-22(31)29-24(34)30(23(16)32)19-7-3-5-17(26)21(19)27/h1-11H,12H2,(H,29,31,34)/b16-11+. The third-order valence-corrected chi connectivity index (χ3v) is 6.47. The number of nitrogens with one attached hydrogen (secondary N) is 1. The first-order valence-corrected chi connectivity index (χ1v) is 11.7. The molecule has 0 radical (unpaired) electrons. The van der Waals surface area contributed by atoms with Crippen molar-refractivity contribution in [2.45, 2.75) is 6.61 Å². The van der Waals surface area contributed by atoms with E-state index in [0.717, 1.165) is 4.90 Å². The van der Waals surface area contributed by atoms with E-state index < -0.39 is 17.6 Å². The maximum atomic E-state index is 14.0. The Hall–Kier alpha value is -2.78. The van der Waals surface area contributed by atoms with Gasteiger partial charge in [0.2, 0.25) is 0 Å². The van der Waals surface area contributed by atoms with E-state index in [1.165, 1.54) is 12.1 Å². The second-order valence-electron chi connectivity index (χ2n) is 7.09. The quantitative estimate of drug-likeness (QED) is 0.219. The molecule has 1 aliphatic heterocycles. The average Bonchev–Trinajstić information content (AvgIpc) is 2.79. The number of rotatable bonds is 5. The summed E-state index contributed by atoms with van der Waals surface area (Å²) in [6.07, 6.45) is 1.38. The molecule has 1 fully saturated rings. The molecular weight excluding hydrogens is 566 g/mol. The van der Waals surface area contributed by atoms with E-state index in [2.05, 4.69) is 21.2 Å². The third kappa shape index (κ3) is 5.00. The molecule has 2 amide bonds. The lowest BCUT2D eigenvalue weighted by molar-refractivity contribution is -0.122. The number of benzene rings is 3. The largest absolute Gasteiger partial charge is 0.488 e. The Kier molecular flexibility index (Phi) is 7.33. The van der Waals surface area contributed by atoms with Crippen LogP contribution < -0.4 is 15.0 Å². The van der Waals surface area contributed by atoms with Gasteiger partial charge in [0.1, 0.15) is 23.7 Å². The number of hydrogen-bond acceptors (Lipinski definition) is 4. The molecule has 5 nitrogen and oxygen atoms in total. The molecule has 0 aromatic heterocycles. The number of amides is 2. The third-order valence-electron chi connectivity index (χ3n) is 4.89. The van der Waals surface area contributed by atoms with Gasteiger partial charge in [0, 0.05) is 15.6 Å². The van der Waals surface area contributed by atoms with Gasteiger partial charge in [-0.15, -0.1) is 0 Å². The Bertz CT molecular complexity index is 1370. The number of thiocarbonyl (C=S) groups is 1. The van der Waals surface area contributed by atoms with Crippen molar-refractivity contribution >= 4 is 80.0 Å². The van der Waals surface area contributed by atoms with Gasteiger partial charge in [-0.05, 0) is 54.7 Å². The van der Waals surface area contributed by atoms with E-state index in [-0.39, 0.29) is 33.0 Å². The van der Waals surface area contributed by atoms with E-state index in [1.54, 1.807) is 54.6 Å². The van der Waals surface area contributed by atoms with Crippen LogP contribution in [-0.4, -0.2) is 16.9 Å². The maximum absolute atomic E-state index is 14.0. The summed E-state index contributed by atoms with van der Waals surface area (Å²) < 4.78 is 20.5. The fourth-order valence-electron chi connectivity index (χ4n) is 3.23. The second-order valence-corrected chi connectivity index (χ2v) is 9.18. The van der Waals surface area contributed by atoms with Crippen molar-refractivity contribution in [3.8, 4) is 5.75 Å². The monoisotopic (exact) mass is 578 g/mol. The lowest BCUT2D eigenvalue weighted by atomic mass is 10.1. The van der Waals surface area contributed by atoms with Crippen LogP contribution in [0, 0.1) is 5.82 Å².